The van der Waals surface area contributed by atoms with Crippen molar-refractivity contribution >= 4 is 5.95 Å². The molecule has 32 heavy (non-hydrogen) atoms. The Bertz CT molecular complexity index is 1100. The maximum Gasteiger partial charge on any atom is 0.225 e. The third kappa shape index (κ3) is 4.30. The zero-order valence-electron chi connectivity index (χ0n) is 19.9. The van der Waals surface area contributed by atoms with Crippen molar-refractivity contribution in [2.24, 2.45) is 0 Å². The van der Waals surface area contributed by atoms with Gasteiger partial charge >= 0.3 is 0 Å². The number of rotatable bonds is 6. The summed E-state index contributed by atoms with van der Waals surface area (Å²) in [6, 6.07) is 2.16. The molecule has 2 aromatic heterocycles. The van der Waals surface area contributed by atoms with Crippen LogP contribution in [0.25, 0.3) is 11.1 Å². The highest BCUT2D eigenvalue weighted by atomic mass is 16.5. The first-order valence-corrected chi connectivity index (χ1v) is 11.0. The van der Waals surface area contributed by atoms with Crippen LogP contribution in [0.3, 0.4) is 0 Å². The van der Waals surface area contributed by atoms with Crippen molar-refractivity contribution in [2.45, 2.75) is 39.7 Å². The molecule has 1 aliphatic rings. The molecular formula is C25H32N6O. The van der Waals surface area contributed by atoms with E-state index in [1.54, 1.807) is 13.4 Å². The predicted molar refractivity (Wildman–Crippen MR) is 127 cm³/mol. The monoisotopic (exact) mass is 432 g/mol. The second-order valence-corrected chi connectivity index (χ2v) is 8.84. The van der Waals surface area contributed by atoms with Crippen molar-refractivity contribution in [3.05, 3.63) is 58.9 Å². The topological polar surface area (TPSA) is 67.3 Å². The minimum atomic E-state index is 0.340. The summed E-state index contributed by atoms with van der Waals surface area (Å²) in [7, 11) is 5.69. The molecule has 7 nitrogen and oxygen atoms in total. The molecule has 3 aromatic rings. The van der Waals surface area contributed by atoms with Crippen molar-refractivity contribution in [3.63, 3.8) is 0 Å². The number of hydrogen-bond acceptors (Lipinski definition) is 7. The predicted octanol–water partition coefficient (Wildman–Crippen LogP) is 3.92. The fourth-order valence-electron chi connectivity index (χ4n) is 4.55. The minimum absolute atomic E-state index is 0.340. The molecule has 4 rings (SSSR count). The molecule has 1 aliphatic heterocycles. The quantitative estimate of drug-likeness (QED) is 0.585. The Morgan fingerprint density at radius 1 is 1.09 bits per heavy atom. The molecule has 1 aromatic carbocycles. The van der Waals surface area contributed by atoms with Gasteiger partial charge in [-0.25, -0.2) is 19.9 Å². The second-order valence-electron chi connectivity index (χ2n) is 8.84. The summed E-state index contributed by atoms with van der Waals surface area (Å²) >= 11 is 0. The van der Waals surface area contributed by atoms with E-state index in [-0.39, 0.29) is 0 Å². The largest absolute Gasteiger partial charge is 0.496 e. The molecule has 0 unspecified atom stereocenters. The van der Waals surface area contributed by atoms with Crippen LogP contribution in [0.15, 0.2) is 31.0 Å². The Morgan fingerprint density at radius 2 is 1.84 bits per heavy atom. The number of aromatic nitrogens is 4. The van der Waals surface area contributed by atoms with Gasteiger partial charge in [0.25, 0.3) is 0 Å². The highest BCUT2D eigenvalue weighted by molar-refractivity contribution is 5.65. The highest BCUT2D eigenvalue weighted by Crippen LogP contribution is 2.35. The average molecular weight is 433 g/mol. The number of likely N-dealkylation sites (tertiary alicyclic amines) is 1. The fraction of sp³-hybridized carbons (Fsp3) is 0.440. The van der Waals surface area contributed by atoms with Crippen LogP contribution in [0.4, 0.5) is 5.95 Å². The van der Waals surface area contributed by atoms with Gasteiger partial charge in [0.1, 0.15) is 12.1 Å². The molecule has 7 heteroatoms. The van der Waals surface area contributed by atoms with E-state index in [4.69, 9.17) is 9.72 Å². The first-order chi connectivity index (χ1) is 15.4. The summed E-state index contributed by atoms with van der Waals surface area (Å²) in [4.78, 5) is 22.4. The van der Waals surface area contributed by atoms with E-state index in [0.717, 1.165) is 54.6 Å². The molecule has 1 fully saturated rings. The molecule has 168 valence electrons. The first kappa shape index (κ1) is 22.1. The number of aryl methyl sites for hydroxylation is 1. The number of anilines is 1. The summed E-state index contributed by atoms with van der Waals surface area (Å²) in [5, 5.41) is 0. The normalized spacial score (nSPS) is 16.4. The van der Waals surface area contributed by atoms with Crippen LogP contribution in [-0.2, 0) is 6.54 Å². The van der Waals surface area contributed by atoms with E-state index in [2.05, 4.69) is 46.7 Å². The van der Waals surface area contributed by atoms with Gasteiger partial charge in [0.05, 0.1) is 12.8 Å². The van der Waals surface area contributed by atoms with E-state index in [9.17, 15) is 0 Å². The van der Waals surface area contributed by atoms with Gasteiger partial charge in [-0.15, -0.1) is 0 Å². The number of ether oxygens (including phenoxy) is 1. The molecule has 1 saturated heterocycles. The Morgan fingerprint density at radius 3 is 2.53 bits per heavy atom. The van der Waals surface area contributed by atoms with Crippen molar-refractivity contribution in [1.82, 2.24) is 24.8 Å². The highest BCUT2D eigenvalue weighted by Gasteiger charge is 2.29. The molecule has 0 spiro atoms. The fourth-order valence-corrected chi connectivity index (χ4v) is 4.55. The van der Waals surface area contributed by atoms with Crippen LogP contribution in [0, 0.1) is 20.8 Å². The van der Waals surface area contributed by atoms with Gasteiger partial charge in [0.2, 0.25) is 5.95 Å². The molecule has 0 saturated carbocycles. The van der Waals surface area contributed by atoms with E-state index < -0.39 is 0 Å². The lowest BCUT2D eigenvalue weighted by Gasteiger charge is -2.22. The van der Waals surface area contributed by atoms with Gasteiger partial charge in [0.15, 0.2) is 0 Å². The summed E-state index contributed by atoms with van der Waals surface area (Å²) in [5.74, 6) is 2.04. The summed E-state index contributed by atoms with van der Waals surface area (Å²) < 4.78 is 5.55. The molecule has 0 aliphatic carbocycles. The average Bonchev–Trinajstić information content (AvgIpc) is 3.27. The molecule has 0 amide bonds. The summed E-state index contributed by atoms with van der Waals surface area (Å²) in [5.41, 5.74) is 8.30. The Hall–Kier alpha value is -3.06. The SMILES string of the molecule is COc1cc(C)c(CN2CC[C@H](c3nc(N(C)C)ncc3-c3cncnc3)C2)c(C)c1C. The molecule has 3 heterocycles. The first-order valence-electron chi connectivity index (χ1n) is 11.0. The Kier molecular flexibility index (Phi) is 6.37. The lowest BCUT2D eigenvalue weighted by atomic mass is 9.96. The van der Waals surface area contributed by atoms with E-state index >= 15 is 0 Å². The van der Waals surface area contributed by atoms with Crippen LogP contribution in [0.2, 0.25) is 0 Å². The molecule has 0 radical (unpaired) electrons. The van der Waals surface area contributed by atoms with Crippen LogP contribution < -0.4 is 9.64 Å². The van der Waals surface area contributed by atoms with Crippen molar-refractivity contribution in [3.8, 4) is 16.9 Å². The maximum absolute atomic E-state index is 5.55. The standard InChI is InChI=1S/C25H32N6O/c1-16-9-23(32-6)18(3)17(2)22(16)14-31-8-7-19(13-31)24-21(20-10-26-15-27-11-20)12-28-25(29-24)30(4)5/h9-12,15,19H,7-8,13-14H2,1-6H3/t19-/m0/s1. The van der Waals surface area contributed by atoms with Crippen LogP contribution in [-0.4, -0.2) is 59.1 Å². The zero-order valence-corrected chi connectivity index (χ0v) is 19.9. The molecule has 1 atom stereocenters. The number of benzene rings is 1. The number of nitrogens with zero attached hydrogens (tertiary/aromatic N) is 6. The van der Waals surface area contributed by atoms with Gasteiger partial charge in [-0.3, -0.25) is 4.90 Å². The maximum atomic E-state index is 5.55. The van der Waals surface area contributed by atoms with Gasteiger partial charge in [-0.05, 0) is 62.1 Å². The van der Waals surface area contributed by atoms with Crippen LogP contribution in [0.5, 0.6) is 5.75 Å². The third-order valence-electron chi connectivity index (χ3n) is 6.55. The van der Waals surface area contributed by atoms with Gasteiger partial charge < -0.3 is 9.64 Å². The van der Waals surface area contributed by atoms with Gasteiger partial charge in [-0.1, -0.05) is 0 Å². The van der Waals surface area contributed by atoms with Crippen molar-refractivity contribution < 1.29 is 4.74 Å². The summed E-state index contributed by atoms with van der Waals surface area (Å²) in [6.07, 6.45) is 8.21. The van der Waals surface area contributed by atoms with Gasteiger partial charge in [-0.2, -0.15) is 0 Å². The third-order valence-corrected chi connectivity index (χ3v) is 6.55. The summed E-state index contributed by atoms with van der Waals surface area (Å²) in [6.45, 7) is 9.47. The van der Waals surface area contributed by atoms with Crippen molar-refractivity contribution in [1.29, 1.82) is 0 Å². The second kappa shape index (κ2) is 9.20. The Labute approximate surface area is 190 Å². The smallest absolute Gasteiger partial charge is 0.225 e. The van der Waals surface area contributed by atoms with E-state index in [1.165, 1.54) is 22.3 Å². The molecule has 0 bridgehead atoms. The van der Waals surface area contributed by atoms with E-state index in [1.807, 2.05) is 37.6 Å². The lowest BCUT2D eigenvalue weighted by Crippen LogP contribution is -2.22. The minimum Gasteiger partial charge on any atom is -0.496 e. The number of methoxy groups -OCH3 is 1. The Balaban J connectivity index is 1.61. The van der Waals surface area contributed by atoms with E-state index in [0.29, 0.717) is 5.92 Å². The zero-order chi connectivity index (χ0) is 22.8. The number of hydrogen-bond donors (Lipinski definition) is 0. The lowest BCUT2D eigenvalue weighted by molar-refractivity contribution is 0.324. The van der Waals surface area contributed by atoms with Gasteiger partial charge in [0, 0.05) is 62.8 Å². The van der Waals surface area contributed by atoms with Crippen LogP contribution in [0.1, 0.15) is 40.3 Å². The van der Waals surface area contributed by atoms with Crippen LogP contribution >= 0.6 is 0 Å². The van der Waals surface area contributed by atoms with Crippen molar-refractivity contribution in [2.75, 3.05) is 39.2 Å². The molecular weight excluding hydrogens is 400 g/mol. The molecule has 0 N–H and O–H groups in total.